The summed E-state index contributed by atoms with van der Waals surface area (Å²) >= 11 is 0. The Morgan fingerprint density at radius 3 is 2.70 bits per heavy atom. The molecule has 2 rings (SSSR count). The molecule has 106 valence electrons. The molecule has 0 aliphatic heterocycles. The van der Waals surface area contributed by atoms with E-state index < -0.39 is 5.60 Å². The molecule has 0 spiro atoms. The molecule has 0 amide bonds. The van der Waals surface area contributed by atoms with E-state index >= 15 is 0 Å². The van der Waals surface area contributed by atoms with Crippen LogP contribution >= 0.6 is 0 Å². The molecular formula is C17H22N2O. The van der Waals surface area contributed by atoms with Gasteiger partial charge in [-0.05, 0) is 49.9 Å². The minimum atomic E-state index is -0.726. The molecule has 0 radical (unpaired) electrons. The standard InChI is InChI=1S/C17H22N2O/c1-12-4-5-14(9-8-13-6-7-13)10-15(12)17(2,20-3)16(19)11-18/h4-5,10-11,13H,6-7,18-19H2,1-3H3/b16-11-. The highest BCUT2D eigenvalue weighted by Crippen LogP contribution is 2.33. The third-order valence-corrected chi connectivity index (χ3v) is 3.89. The molecule has 0 aromatic heterocycles. The van der Waals surface area contributed by atoms with Gasteiger partial charge in [0.2, 0.25) is 0 Å². The van der Waals surface area contributed by atoms with Crippen molar-refractivity contribution in [1.29, 1.82) is 0 Å². The van der Waals surface area contributed by atoms with E-state index in [0.717, 1.165) is 16.7 Å². The molecule has 1 unspecified atom stereocenters. The lowest BCUT2D eigenvalue weighted by Gasteiger charge is -2.30. The van der Waals surface area contributed by atoms with Crippen LogP contribution in [0.3, 0.4) is 0 Å². The number of methoxy groups -OCH3 is 1. The van der Waals surface area contributed by atoms with E-state index in [1.807, 2.05) is 32.0 Å². The predicted octanol–water partition coefficient (Wildman–Crippen LogP) is 2.38. The summed E-state index contributed by atoms with van der Waals surface area (Å²) in [6.07, 6.45) is 3.85. The first-order valence-corrected chi connectivity index (χ1v) is 6.87. The van der Waals surface area contributed by atoms with Gasteiger partial charge in [-0.1, -0.05) is 17.9 Å². The van der Waals surface area contributed by atoms with Crippen LogP contribution in [0.1, 0.15) is 36.5 Å². The lowest BCUT2D eigenvalue weighted by Crippen LogP contribution is -2.33. The third kappa shape index (κ3) is 2.81. The average Bonchev–Trinajstić information content (AvgIpc) is 3.28. The molecule has 1 aromatic carbocycles. The van der Waals surface area contributed by atoms with Gasteiger partial charge in [0.1, 0.15) is 5.60 Å². The molecule has 3 heteroatoms. The van der Waals surface area contributed by atoms with Crippen LogP contribution in [-0.4, -0.2) is 7.11 Å². The summed E-state index contributed by atoms with van der Waals surface area (Å²) in [6, 6.07) is 6.13. The highest BCUT2D eigenvalue weighted by atomic mass is 16.5. The summed E-state index contributed by atoms with van der Waals surface area (Å²) in [7, 11) is 1.64. The van der Waals surface area contributed by atoms with Crippen LogP contribution in [0, 0.1) is 24.7 Å². The lowest BCUT2D eigenvalue weighted by molar-refractivity contribution is 0.0333. The van der Waals surface area contributed by atoms with Gasteiger partial charge in [-0.2, -0.15) is 0 Å². The minimum Gasteiger partial charge on any atom is -0.403 e. The fraction of sp³-hybridized carbons (Fsp3) is 0.412. The van der Waals surface area contributed by atoms with E-state index in [0.29, 0.717) is 11.6 Å². The average molecular weight is 270 g/mol. The van der Waals surface area contributed by atoms with Gasteiger partial charge in [0.25, 0.3) is 0 Å². The van der Waals surface area contributed by atoms with Gasteiger partial charge in [0.05, 0.1) is 5.70 Å². The maximum Gasteiger partial charge on any atom is 0.131 e. The molecular weight excluding hydrogens is 248 g/mol. The van der Waals surface area contributed by atoms with Crippen molar-refractivity contribution in [3.05, 3.63) is 46.8 Å². The van der Waals surface area contributed by atoms with Crippen LogP contribution < -0.4 is 11.5 Å². The van der Waals surface area contributed by atoms with E-state index in [-0.39, 0.29) is 0 Å². The molecule has 1 saturated carbocycles. The smallest absolute Gasteiger partial charge is 0.131 e. The van der Waals surface area contributed by atoms with Gasteiger partial charge in [0, 0.05) is 24.8 Å². The summed E-state index contributed by atoms with van der Waals surface area (Å²) in [6.45, 7) is 3.96. The molecule has 3 nitrogen and oxygen atoms in total. The van der Waals surface area contributed by atoms with Crippen LogP contribution in [0.4, 0.5) is 0 Å². The number of nitrogens with two attached hydrogens (primary N) is 2. The second-order valence-electron chi connectivity index (χ2n) is 5.43. The molecule has 1 fully saturated rings. The van der Waals surface area contributed by atoms with Crippen molar-refractivity contribution in [2.75, 3.05) is 7.11 Å². The number of hydrogen-bond donors (Lipinski definition) is 2. The Balaban J connectivity index is 2.44. The van der Waals surface area contributed by atoms with E-state index in [1.54, 1.807) is 7.11 Å². The van der Waals surface area contributed by atoms with Crippen molar-refractivity contribution in [1.82, 2.24) is 0 Å². The zero-order chi connectivity index (χ0) is 14.8. The first-order chi connectivity index (χ1) is 9.51. The van der Waals surface area contributed by atoms with Crippen LogP contribution in [0.15, 0.2) is 30.1 Å². The van der Waals surface area contributed by atoms with E-state index in [2.05, 4.69) is 11.8 Å². The molecule has 0 bridgehead atoms. The van der Waals surface area contributed by atoms with Crippen molar-refractivity contribution in [2.24, 2.45) is 17.4 Å². The second kappa shape index (κ2) is 5.60. The third-order valence-electron chi connectivity index (χ3n) is 3.89. The van der Waals surface area contributed by atoms with Gasteiger partial charge >= 0.3 is 0 Å². The largest absolute Gasteiger partial charge is 0.403 e. The molecule has 20 heavy (non-hydrogen) atoms. The molecule has 1 aliphatic rings. The quantitative estimate of drug-likeness (QED) is 0.829. The van der Waals surface area contributed by atoms with E-state index in [9.17, 15) is 0 Å². The Hall–Kier alpha value is -1.92. The predicted molar refractivity (Wildman–Crippen MR) is 81.6 cm³/mol. The van der Waals surface area contributed by atoms with E-state index in [1.165, 1.54) is 19.0 Å². The van der Waals surface area contributed by atoms with Gasteiger partial charge in [0.15, 0.2) is 0 Å². The summed E-state index contributed by atoms with van der Waals surface area (Å²) in [4.78, 5) is 0. The molecule has 4 N–H and O–H groups in total. The van der Waals surface area contributed by atoms with Gasteiger partial charge in [-0.3, -0.25) is 0 Å². The van der Waals surface area contributed by atoms with Crippen molar-refractivity contribution in [2.45, 2.75) is 32.3 Å². The number of ether oxygens (including phenoxy) is 1. The highest BCUT2D eigenvalue weighted by molar-refractivity contribution is 5.45. The Kier molecular flexibility index (Phi) is 4.06. The highest BCUT2D eigenvalue weighted by Gasteiger charge is 2.31. The fourth-order valence-corrected chi connectivity index (χ4v) is 2.17. The minimum absolute atomic E-state index is 0.496. The van der Waals surface area contributed by atoms with Crippen LogP contribution in [0.5, 0.6) is 0 Å². The van der Waals surface area contributed by atoms with Crippen LogP contribution in [0.2, 0.25) is 0 Å². The summed E-state index contributed by atoms with van der Waals surface area (Å²) < 4.78 is 5.63. The maximum absolute atomic E-state index is 6.02. The van der Waals surface area contributed by atoms with Gasteiger partial charge < -0.3 is 16.2 Å². The van der Waals surface area contributed by atoms with Crippen molar-refractivity contribution in [3.8, 4) is 11.8 Å². The van der Waals surface area contributed by atoms with E-state index in [4.69, 9.17) is 16.2 Å². The molecule has 1 aliphatic carbocycles. The Bertz CT molecular complexity index is 591. The maximum atomic E-state index is 6.02. The fourth-order valence-electron chi connectivity index (χ4n) is 2.17. The topological polar surface area (TPSA) is 61.3 Å². The molecule has 1 aromatic rings. The summed E-state index contributed by atoms with van der Waals surface area (Å²) in [5.74, 6) is 7.09. The zero-order valence-corrected chi connectivity index (χ0v) is 12.4. The molecule has 1 atom stereocenters. The lowest BCUT2D eigenvalue weighted by atomic mass is 9.88. The Labute approximate surface area is 121 Å². The SMILES string of the molecule is COC(C)(/C(N)=C/N)c1cc(C#CC2CC2)ccc1C. The Morgan fingerprint density at radius 2 is 2.15 bits per heavy atom. The monoisotopic (exact) mass is 270 g/mol. The normalized spacial score (nSPS) is 18.1. The van der Waals surface area contributed by atoms with Crippen molar-refractivity contribution in [3.63, 3.8) is 0 Å². The molecule has 0 saturated heterocycles. The van der Waals surface area contributed by atoms with Crippen LogP contribution in [0.25, 0.3) is 0 Å². The van der Waals surface area contributed by atoms with Gasteiger partial charge in [-0.15, -0.1) is 0 Å². The first-order valence-electron chi connectivity index (χ1n) is 6.87. The van der Waals surface area contributed by atoms with Crippen LogP contribution in [-0.2, 0) is 10.3 Å². The summed E-state index contributed by atoms with van der Waals surface area (Å²) in [5.41, 5.74) is 14.5. The Morgan fingerprint density at radius 1 is 1.45 bits per heavy atom. The number of rotatable bonds is 3. The van der Waals surface area contributed by atoms with Gasteiger partial charge in [-0.25, -0.2) is 0 Å². The number of benzene rings is 1. The van der Waals surface area contributed by atoms with Crippen molar-refractivity contribution >= 4 is 0 Å². The second-order valence-corrected chi connectivity index (χ2v) is 5.43. The molecule has 0 heterocycles. The zero-order valence-electron chi connectivity index (χ0n) is 12.4. The first kappa shape index (κ1) is 14.5. The summed E-state index contributed by atoms with van der Waals surface area (Å²) in [5, 5.41) is 0. The van der Waals surface area contributed by atoms with Crippen molar-refractivity contribution < 1.29 is 4.74 Å². The number of aryl methyl sites for hydroxylation is 1. The number of hydrogen-bond acceptors (Lipinski definition) is 3.